The van der Waals surface area contributed by atoms with E-state index in [1.54, 1.807) is 25.1 Å². The first kappa shape index (κ1) is 20.5. The fourth-order valence-corrected chi connectivity index (χ4v) is 3.19. The van der Waals surface area contributed by atoms with Crippen LogP contribution in [0.15, 0.2) is 61.8 Å². The van der Waals surface area contributed by atoms with Gasteiger partial charge in [0.1, 0.15) is 23.7 Å². The molecule has 8 nitrogen and oxygen atoms in total. The van der Waals surface area contributed by atoms with Gasteiger partial charge in [0, 0.05) is 17.9 Å². The van der Waals surface area contributed by atoms with Crippen LogP contribution in [0.3, 0.4) is 0 Å². The smallest absolute Gasteiger partial charge is 0.374 e. The number of hydrogen-bond donors (Lipinski definition) is 1. The third-order valence-electron chi connectivity index (χ3n) is 4.61. The Labute approximate surface area is 177 Å². The summed E-state index contributed by atoms with van der Waals surface area (Å²) >= 11 is 0. The van der Waals surface area contributed by atoms with Crippen molar-refractivity contribution in [3.05, 3.63) is 71.4 Å². The van der Waals surface area contributed by atoms with Gasteiger partial charge in [-0.25, -0.2) is 4.79 Å². The molecule has 1 N–H and O–H groups in total. The first-order valence-electron chi connectivity index (χ1n) is 9.66. The van der Waals surface area contributed by atoms with Crippen molar-refractivity contribution in [2.24, 2.45) is 0 Å². The lowest BCUT2D eigenvalue weighted by Gasteiger charge is -2.05. The molecule has 1 aromatic carbocycles. The van der Waals surface area contributed by atoms with E-state index in [4.69, 9.17) is 22.7 Å². The van der Waals surface area contributed by atoms with Crippen molar-refractivity contribution in [1.82, 2.24) is 0 Å². The molecule has 0 spiro atoms. The van der Waals surface area contributed by atoms with Crippen LogP contribution >= 0.6 is 0 Å². The minimum atomic E-state index is -1.24. The number of fused-ring (bicyclic) bond motifs is 1. The van der Waals surface area contributed by atoms with E-state index in [0.717, 1.165) is 5.39 Å². The Morgan fingerprint density at radius 2 is 1.71 bits per heavy atom. The highest BCUT2D eigenvalue weighted by atomic mass is 16.5. The van der Waals surface area contributed by atoms with Gasteiger partial charge in [-0.3, -0.25) is 4.79 Å². The number of esters is 2. The quantitative estimate of drug-likeness (QED) is 0.428. The van der Waals surface area contributed by atoms with E-state index in [2.05, 4.69) is 0 Å². The molecule has 0 aliphatic rings. The second-order valence-corrected chi connectivity index (χ2v) is 6.71. The van der Waals surface area contributed by atoms with Crippen LogP contribution in [0.1, 0.15) is 47.6 Å². The van der Waals surface area contributed by atoms with Crippen LogP contribution in [0.2, 0.25) is 0 Å². The molecule has 3 heterocycles. The van der Waals surface area contributed by atoms with Crippen LogP contribution in [0.25, 0.3) is 22.5 Å². The zero-order chi connectivity index (χ0) is 22.0. The van der Waals surface area contributed by atoms with Crippen molar-refractivity contribution < 1.29 is 37.4 Å². The predicted molar refractivity (Wildman–Crippen MR) is 108 cm³/mol. The van der Waals surface area contributed by atoms with E-state index in [9.17, 15) is 14.7 Å². The average Bonchev–Trinajstić information content (AvgIpc) is 3.50. The maximum absolute atomic E-state index is 11.8. The normalized spacial score (nSPS) is 12.1. The highest BCUT2D eigenvalue weighted by Gasteiger charge is 2.24. The van der Waals surface area contributed by atoms with Gasteiger partial charge in [-0.15, -0.1) is 0 Å². The molecule has 8 heteroatoms. The number of rotatable bonds is 7. The highest BCUT2D eigenvalue weighted by Crippen LogP contribution is 2.37. The van der Waals surface area contributed by atoms with Crippen molar-refractivity contribution in [3.8, 4) is 11.5 Å². The molecule has 0 fully saturated rings. The second kappa shape index (κ2) is 8.53. The lowest BCUT2D eigenvalue weighted by atomic mass is 10.1. The van der Waals surface area contributed by atoms with Gasteiger partial charge in [-0.2, -0.15) is 0 Å². The van der Waals surface area contributed by atoms with Crippen molar-refractivity contribution in [2.45, 2.75) is 26.6 Å². The standard InChI is InChI=1S/C23H20O8/c1-3-27-23(26)20-11-9-18(30-20)21(25)17-8-10-19(29-17)22-15(12-28-13(2)24)14-6-4-5-7-16(14)31-22/h4-11,21,25H,3,12H2,1-2H3. The third kappa shape index (κ3) is 4.10. The lowest BCUT2D eigenvalue weighted by Crippen LogP contribution is -2.03. The molecular formula is C23H20O8. The molecule has 0 saturated carbocycles. The molecule has 160 valence electrons. The second-order valence-electron chi connectivity index (χ2n) is 6.71. The molecule has 1 atom stereocenters. The highest BCUT2D eigenvalue weighted by molar-refractivity contribution is 5.87. The van der Waals surface area contributed by atoms with Gasteiger partial charge in [-0.1, -0.05) is 18.2 Å². The summed E-state index contributed by atoms with van der Waals surface area (Å²) in [5, 5.41) is 11.4. The van der Waals surface area contributed by atoms with Crippen LogP contribution in [0, 0.1) is 0 Å². The number of aliphatic hydroxyl groups is 1. The Hall–Kier alpha value is -3.78. The number of ether oxygens (including phenoxy) is 2. The zero-order valence-corrected chi connectivity index (χ0v) is 16.9. The largest absolute Gasteiger partial charge is 0.461 e. The summed E-state index contributed by atoms with van der Waals surface area (Å²) in [5.41, 5.74) is 1.27. The summed E-state index contributed by atoms with van der Waals surface area (Å²) in [6.07, 6.45) is -1.24. The molecule has 0 saturated heterocycles. The predicted octanol–water partition coefficient (Wildman–Crippen LogP) is 4.61. The van der Waals surface area contributed by atoms with Gasteiger partial charge in [0.25, 0.3) is 0 Å². The van der Waals surface area contributed by atoms with Crippen LogP contribution < -0.4 is 0 Å². The molecule has 0 amide bonds. The Morgan fingerprint density at radius 1 is 0.968 bits per heavy atom. The minimum absolute atomic E-state index is 0.0105. The molecule has 0 aliphatic carbocycles. The van der Waals surface area contributed by atoms with Gasteiger partial charge in [0.05, 0.1) is 6.61 Å². The Morgan fingerprint density at radius 3 is 2.48 bits per heavy atom. The topological polar surface area (TPSA) is 112 Å². The van der Waals surface area contributed by atoms with Crippen LogP contribution in [-0.4, -0.2) is 23.7 Å². The Balaban J connectivity index is 1.64. The molecule has 31 heavy (non-hydrogen) atoms. The monoisotopic (exact) mass is 424 g/mol. The number of carbonyl (C=O) groups is 2. The minimum Gasteiger partial charge on any atom is -0.461 e. The van der Waals surface area contributed by atoms with Gasteiger partial charge in [-0.05, 0) is 37.3 Å². The Bertz CT molecular complexity index is 1230. The molecule has 0 radical (unpaired) electrons. The van der Waals surface area contributed by atoms with E-state index >= 15 is 0 Å². The van der Waals surface area contributed by atoms with E-state index in [1.807, 2.05) is 18.2 Å². The Kier molecular flexibility index (Phi) is 5.64. The van der Waals surface area contributed by atoms with Crippen molar-refractivity contribution in [1.29, 1.82) is 0 Å². The van der Waals surface area contributed by atoms with Crippen LogP contribution in [-0.2, 0) is 20.9 Å². The van der Waals surface area contributed by atoms with Crippen LogP contribution in [0.4, 0.5) is 0 Å². The lowest BCUT2D eigenvalue weighted by molar-refractivity contribution is -0.142. The van der Waals surface area contributed by atoms with Gasteiger partial charge in [0.2, 0.25) is 5.76 Å². The zero-order valence-electron chi connectivity index (χ0n) is 16.9. The number of hydrogen-bond acceptors (Lipinski definition) is 8. The van der Waals surface area contributed by atoms with Crippen LogP contribution in [0.5, 0.6) is 0 Å². The number of aliphatic hydroxyl groups excluding tert-OH is 1. The number of furan rings is 3. The molecule has 4 rings (SSSR count). The number of para-hydroxylation sites is 1. The summed E-state index contributed by atoms with van der Waals surface area (Å²) in [6.45, 7) is 3.25. The van der Waals surface area contributed by atoms with Crippen molar-refractivity contribution in [3.63, 3.8) is 0 Å². The molecule has 0 bridgehead atoms. The van der Waals surface area contributed by atoms with Gasteiger partial charge < -0.3 is 27.8 Å². The summed E-state index contributed by atoms with van der Waals surface area (Å²) in [5.74, 6) is 0.0357. The summed E-state index contributed by atoms with van der Waals surface area (Å²) in [6, 6.07) is 13.5. The summed E-state index contributed by atoms with van der Waals surface area (Å²) in [7, 11) is 0. The van der Waals surface area contributed by atoms with Gasteiger partial charge >= 0.3 is 11.9 Å². The SMILES string of the molecule is CCOC(=O)c1ccc(C(O)c2ccc(-c3oc4ccccc4c3COC(C)=O)o2)o1. The van der Waals surface area contributed by atoms with E-state index in [-0.39, 0.29) is 30.5 Å². The number of carbonyl (C=O) groups excluding carboxylic acids is 2. The molecule has 0 aliphatic heterocycles. The third-order valence-corrected chi connectivity index (χ3v) is 4.61. The van der Waals surface area contributed by atoms with Crippen molar-refractivity contribution >= 4 is 22.9 Å². The summed E-state index contributed by atoms with van der Waals surface area (Å²) in [4.78, 5) is 23.1. The van der Waals surface area contributed by atoms with E-state index < -0.39 is 18.0 Å². The van der Waals surface area contributed by atoms with E-state index in [1.165, 1.54) is 19.1 Å². The maximum atomic E-state index is 11.8. The fraction of sp³-hybridized carbons (Fsp3) is 0.217. The van der Waals surface area contributed by atoms with Crippen molar-refractivity contribution in [2.75, 3.05) is 6.61 Å². The molecule has 4 aromatic rings. The van der Waals surface area contributed by atoms with Gasteiger partial charge in [0.15, 0.2) is 17.6 Å². The molecule has 1 unspecified atom stereocenters. The first-order valence-corrected chi connectivity index (χ1v) is 9.66. The molecule has 3 aromatic heterocycles. The molecular weight excluding hydrogens is 404 g/mol. The average molecular weight is 424 g/mol. The maximum Gasteiger partial charge on any atom is 0.374 e. The summed E-state index contributed by atoms with van der Waals surface area (Å²) < 4.78 is 27.2. The number of benzene rings is 1. The van der Waals surface area contributed by atoms with E-state index in [0.29, 0.717) is 22.7 Å². The first-order chi connectivity index (χ1) is 15.0. The fourth-order valence-electron chi connectivity index (χ4n) is 3.19.